The molecular formula is C21H25FN2O2. The number of aryl methyl sites for hydroxylation is 2. The van der Waals surface area contributed by atoms with Crippen molar-refractivity contribution < 1.29 is 9.18 Å². The predicted octanol–water partition coefficient (Wildman–Crippen LogP) is 3.38. The van der Waals surface area contributed by atoms with E-state index < -0.39 is 0 Å². The van der Waals surface area contributed by atoms with Crippen molar-refractivity contribution in [1.29, 1.82) is 0 Å². The lowest BCUT2D eigenvalue weighted by Gasteiger charge is -2.30. The summed E-state index contributed by atoms with van der Waals surface area (Å²) in [6.07, 6.45) is 3.92. The first kappa shape index (κ1) is 18.4. The van der Waals surface area contributed by atoms with Gasteiger partial charge in [-0.1, -0.05) is 25.0 Å². The van der Waals surface area contributed by atoms with Gasteiger partial charge < -0.3 is 9.88 Å². The summed E-state index contributed by atoms with van der Waals surface area (Å²) in [6.45, 7) is 4.03. The fraction of sp³-hybridized carbons (Fsp3) is 0.429. The summed E-state index contributed by atoms with van der Waals surface area (Å²) in [4.78, 5) is 25.2. The molecule has 2 aromatic rings. The van der Waals surface area contributed by atoms with E-state index in [0.717, 1.165) is 36.9 Å². The highest BCUT2D eigenvalue weighted by Crippen LogP contribution is 2.40. The van der Waals surface area contributed by atoms with E-state index in [1.165, 1.54) is 10.6 Å². The molecule has 26 heavy (non-hydrogen) atoms. The molecule has 1 heterocycles. The van der Waals surface area contributed by atoms with E-state index in [4.69, 9.17) is 0 Å². The molecule has 4 nitrogen and oxygen atoms in total. The number of nitrogens with zero attached hydrogens (tertiary/aromatic N) is 1. The van der Waals surface area contributed by atoms with Crippen LogP contribution in [0.1, 0.15) is 52.9 Å². The molecule has 1 fully saturated rings. The molecule has 1 saturated carbocycles. The van der Waals surface area contributed by atoms with Crippen molar-refractivity contribution in [2.24, 2.45) is 7.05 Å². The molecule has 1 amide bonds. The second-order valence-corrected chi connectivity index (χ2v) is 7.39. The Morgan fingerprint density at radius 2 is 1.92 bits per heavy atom. The number of rotatable bonds is 4. The third-order valence-corrected chi connectivity index (χ3v) is 5.68. The molecule has 0 saturated heterocycles. The van der Waals surface area contributed by atoms with Crippen molar-refractivity contribution in [3.8, 4) is 0 Å². The van der Waals surface area contributed by atoms with E-state index in [1.807, 2.05) is 19.1 Å². The van der Waals surface area contributed by atoms with E-state index in [1.54, 1.807) is 26.1 Å². The monoisotopic (exact) mass is 356 g/mol. The van der Waals surface area contributed by atoms with Gasteiger partial charge in [0, 0.05) is 24.7 Å². The summed E-state index contributed by atoms with van der Waals surface area (Å²) in [5.41, 5.74) is 2.05. The Bertz CT molecular complexity index is 895. The van der Waals surface area contributed by atoms with E-state index in [2.05, 4.69) is 5.32 Å². The van der Waals surface area contributed by atoms with Gasteiger partial charge in [-0.25, -0.2) is 4.39 Å². The molecule has 3 rings (SSSR count). The largest absolute Gasteiger partial charge is 0.351 e. The Labute approximate surface area is 153 Å². The number of aromatic nitrogens is 1. The number of hydrogen-bond acceptors (Lipinski definition) is 2. The van der Waals surface area contributed by atoms with Crippen molar-refractivity contribution in [3.05, 3.63) is 68.9 Å². The number of carbonyl (C=O) groups is 1. The van der Waals surface area contributed by atoms with Crippen LogP contribution in [0.25, 0.3) is 0 Å². The lowest BCUT2D eigenvalue weighted by molar-refractivity contribution is 0.0940. The van der Waals surface area contributed by atoms with Gasteiger partial charge >= 0.3 is 0 Å². The molecular weight excluding hydrogens is 331 g/mol. The van der Waals surface area contributed by atoms with Crippen LogP contribution in [-0.4, -0.2) is 17.0 Å². The molecule has 0 radical (unpaired) electrons. The van der Waals surface area contributed by atoms with Gasteiger partial charge in [0.05, 0.1) is 0 Å². The van der Waals surface area contributed by atoms with E-state index in [9.17, 15) is 14.0 Å². The van der Waals surface area contributed by atoms with Crippen LogP contribution in [0.2, 0.25) is 0 Å². The van der Waals surface area contributed by atoms with Gasteiger partial charge in [-0.15, -0.1) is 0 Å². The van der Waals surface area contributed by atoms with Crippen LogP contribution in [0.5, 0.6) is 0 Å². The van der Waals surface area contributed by atoms with Gasteiger partial charge in [-0.3, -0.25) is 9.59 Å². The topological polar surface area (TPSA) is 51.1 Å². The van der Waals surface area contributed by atoms with E-state index in [-0.39, 0.29) is 28.3 Å². The first-order chi connectivity index (χ1) is 12.3. The summed E-state index contributed by atoms with van der Waals surface area (Å²) >= 11 is 0. The van der Waals surface area contributed by atoms with Gasteiger partial charge in [0.15, 0.2) is 0 Å². The minimum absolute atomic E-state index is 0.186. The lowest BCUT2D eigenvalue weighted by atomic mass is 9.78. The van der Waals surface area contributed by atoms with Gasteiger partial charge in [-0.05, 0) is 56.0 Å². The summed E-state index contributed by atoms with van der Waals surface area (Å²) in [5, 5.41) is 2.95. The SMILES string of the molecule is Cc1cc(C)n(C)c(=O)c1C(=O)NCC1(c2cccc(F)c2)CCCC1. The zero-order chi connectivity index (χ0) is 18.9. The molecule has 138 valence electrons. The molecule has 5 heteroatoms. The third kappa shape index (κ3) is 3.30. The maximum Gasteiger partial charge on any atom is 0.263 e. The van der Waals surface area contributed by atoms with Crippen LogP contribution in [-0.2, 0) is 12.5 Å². The first-order valence-corrected chi connectivity index (χ1v) is 9.05. The number of pyridine rings is 1. The lowest BCUT2D eigenvalue weighted by Crippen LogP contribution is -2.41. The molecule has 0 bridgehead atoms. The van der Waals surface area contributed by atoms with Crippen LogP contribution < -0.4 is 10.9 Å². The molecule has 1 aliphatic carbocycles. The van der Waals surface area contributed by atoms with Gasteiger partial charge in [0.1, 0.15) is 11.4 Å². The van der Waals surface area contributed by atoms with Crippen LogP contribution in [0.15, 0.2) is 35.1 Å². The smallest absolute Gasteiger partial charge is 0.263 e. The molecule has 1 aromatic heterocycles. The minimum Gasteiger partial charge on any atom is -0.351 e. The summed E-state index contributed by atoms with van der Waals surface area (Å²) in [5.74, 6) is -0.617. The highest BCUT2D eigenvalue weighted by Gasteiger charge is 2.36. The first-order valence-electron chi connectivity index (χ1n) is 9.05. The Balaban J connectivity index is 1.86. The molecule has 1 N–H and O–H groups in total. The number of hydrogen-bond donors (Lipinski definition) is 1. The minimum atomic E-state index is -0.356. The van der Waals surface area contributed by atoms with Gasteiger partial charge in [-0.2, -0.15) is 0 Å². The summed E-state index contributed by atoms with van der Waals surface area (Å²) < 4.78 is 15.2. The van der Waals surface area contributed by atoms with Gasteiger partial charge in [0.25, 0.3) is 11.5 Å². The molecule has 0 atom stereocenters. The third-order valence-electron chi connectivity index (χ3n) is 5.68. The Hall–Kier alpha value is -2.43. The van der Waals surface area contributed by atoms with E-state index in [0.29, 0.717) is 12.1 Å². The van der Waals surface area contributed by atoms with Crippen LogP contribution in [0.4, 0.5) is 4.39 Å². The Kier molecular flexibility index (Phi) is 4.99. The Morgan fingerprint density at radius 3 is 2.58 bits per heavy atom. The second-order valence-electron chi connectivity index (χ2n) is 7.39. The fourth-order valence-electron chi connectivity index (χ4n) is 4.03. The molecule has 1 aromatic carbocycles. The van der Waals surface area contributed by atoms with Crippen molar-refractivity contribution in [2.75, 3.05) is 6.54 Å². The fourth-order valence-corrected chi connectivity index (χ4v) is 4.03. The van der Waals surface area contributed by atoms with Crippen molar-refractivity contribution in [2.45, 2.75) is 44.9 Å². The maximum absolute atomic E-state index is 13.7. The molecule has 0 spiro atoms. The average Bonchev–Trinajstić information content (AvgIpc) is 3.08. The molecule has 0 unspecified atom stereocenters. The number of amides is 1. The number of benzene rings is 1. The quantitative estimate of drug-likeness (QED) is 0.913. The van der Waals surface area contributed by atoms with Crippen LogP contribution in [0, 0.1) is 19.7 Å². The maximum atomic E-state index is 13.7. The number of nitrogens with one attached hydrogen (secondary N) is 1. The number of carbonyl (C=O) groups excluding carboxylic acids is 1. The highest BCUT2D eigenvalue weighted by molar-refractivity contribution is 5.95. The summed E-state index contributed by atoms with van der Waals surface area (Å²) in [7, 11) is 1.67. The average molecular weight is 356 g/mol. The van der Waals surface area contributed by atoms with Gasteiger partial charge in [0.2, 0.25) is 0 Å². The van der Waals surface area contributed by atoms with Crippen LogP contribution >= 0.6 is 0 Å². The zero-order valence-electron chi connectivity index (χ0n) is 15.6. The summed E-state index contributed by atoms with van der Waals surface area (Å²) in [6, 6.07) is 8.48. The second kappa shape index (κ2) is 7.06. The standard InChI is InChI=1S/C21H25FN2O2/c1-14-11-15(2)24(3)20(26)18(14)19(25)23-13-21(9-4-5-10-21)16-7-6-8-17(22)12-16/h6-8,11-12H,4-5,9-10,13H2,1-3H3,(H,23,25). The van der Waals surface area contributed by atoms with Crippen molar-refractivity contribution >= 4 is 5.91 Å². The predicted molar refractivity (Wildman–Crippen MR) is 100 cm³/mol. The Morgan fingerprint density at radius 1 is 1.23 bits per heavy atom. The normalized spacial score (nSPS) is 15.8. The highest BCUT2D eigenvalue weighted by atomic mass is 19.1. The number of halogens is 1. The molecule has 1 aliphatic rings. The van der Waals surface area contributed by atoms with E-state index >= 15 is 0 Å². The molecule has 0 aliphatic heterocycles. The zero-order valence-corrected chi connectivity index (χ0v) is 15.6. The van der Waals surface area contributed by atoms with Crippen molar-refractivity contribution in [1.82, 2.24) is 9.88 Å². The van der Waals surface area contributed by atoms with Crippen molar-refractivity contribution in [3.63, 3.8) is 0 Å². The van der Waals surface area contributed by atoms with Crippen LogP contribution in [0.3, 0.4) is 0 Å².